The SMILES string of the molecule is CCOc1ccc2ccc(OCC)c(/C=N\NC(=O)c3cccc([N+](=O)[O-])c3)c2c1. The van der Waals surface area contributed by atoms with Gasteiger partial charge in [0.1, 0.15) is 11.5 Å². The highest BCUT2D eigenvalue weighted by Gasteiger charge is 2.12. The van der Waals surface area contributed by atoms with E-state index in [-0.39, 0.29) is 11.3 Å². The molecule has 8 heteroatoms. The zero-order valence-corrected chi connectivity index (χ0v) is 16.6. The lowest BCUT2D eigenvalue weighted by Gasteiger charge is -2.12. The molecule has 0 aliphatic heterocycles. The molecule has 1 N–H and O–H groups in total. The van der Waals surface area contributed by atoms with Crippen LogP contribution in [-0.4, -0.2) is 30.3 Å². The number of non-ortho nitro benzene ring substituents is 1. The van der Waals surface area contributed by atoms with E-state index in [1.807, 2.05) is 44.2 Å². The van der Waals surface area contributed by atoms with Gasteiger partial charge in [0.15, 0.2) is 0 Å². The number of nitrogens with zero attached hydrogens (tertiary/aromatic N) is 2. The topological polar surface area (TPSA) is 103 Å². The van der Waals surface area contributed by atoms with Crippen molar-refractivity contribution in [2.75, 3.05) is 13.2 Å². The van der Waals surface area contributed by atoms with Crippen molar-refractivity contribution < 1.29 is 19.2 Å². The zero-order valence-electron chi connectivity index (χ0n) is 16.6. The predicted molar refractivity (Wildman–Crippen MR) is 114 cm³/mol. The quantitative estimate of drug-likeness (QED) is 0.340. The van der Waals surface area contributed by atoms with Gasteiger partial charge in [-0.2, -0.15) is 5.10 Å². The van der Waals surface area contributed by atoms with E-state index in [2.05, 4.69) is 10.5 Å². The number of nitro benzene ring substituents is 1. The first kappa shape index (κ1) is 20.8. The first-order valence-corrected chi connectivity index (χ1v) is 9.43. The Morgan fingerprint density at radius 1 is 1.10 bits per heavy atom. The number of hydrogen-bond donors (Lipinski definition) is 1. The molecule has 0 radical (unpaired) electrons. The number of nitrogens with one attached hydrogen (secondary N) is 1. The van der Waals surface area contributed by atoms with E-state index >= 15 is 0 Å². The highest BCUT2D eigenvalue weighted by Crippen LogP contribution is 2.30. The van der Waals surface area contributed by atoms with Gasteiger partial charge in [-0.15, -0.1) is 0 Å². The first-order valence-electron chi connectivity index (χ1n) is 9.43. The van der Waals surface area contributed by atoms with Crippen molar-refractivity contribution in [3.63, 3.8) is 0 Å². The maximum atomic E-state index is 12.3. The van der Waals surface area contributed by atoms with Gasteiger partial charge >= 0.3 is 0 Å². The number of fused-ring (bicyclic) bond motifs is 1. The third-order valence-electron chi connectivity index (χ3n) is 4.28. The molecule has 0 bridgehead atoms. The van der Waals surface area contributed by atoms with Gasteiger partial charge in [-0.3, -0.25) is 14.9 Å². The second kappa shape index (κ2) is 9.51. The molecule has 8 nitrogen and oxygen atoms in total. The summed E-state index contributed by atoms with van der Waals surface area (Å²) in [6.07, 6.45) is 1.50. The van der Waals surface area contributed by atoms with Crippen LogP contribution in [0.5, 0.6) is 11.5 Å². The number of benzene rings is 3. The molecule has 0 aromatic heterocycles. The minimum atomic E-state index is -0.555. The van der Waals surface area contributed by atoms with E-state index in [0.717, 1.165) is 10.8 Å². The molecule has 0 saturated heterocycles. The van der Waals surface area contributed by atoms with Crippen molar-refractivity contribution in [3.05, 3.63) is 75.8 Å². The molecule has 30 heavy (non-hydrogen) atoms. The van der Waals surface area contributed by atoms with Crippen LogP contribution in [0.3, 0.4) is 0 Å². The van der Waals surface area contributed by atoms with Crippen LogP contribution in [0.25, 0.3) is 10.8 Å². The lowest BCUT2D eigenvalue weighted by atomic mass is 10.0. The first-order chi connectivity index (χ1) is 14.5. The van der Waals surface area contributed by atoms with Gasteiger partial charge in [0.2, 0.25) is 0 Å². The van der Waals surface area contributed by atoms with E-state index in [1.165, 1.54) is 30.5 Å². The number of hydrazone groups is 1. The standard InChI is InChI=1S/C22H21N3O5/c1-3-29-18-10-8-15-9-11-21(30-4-2)20(19(15)13-18)14-23-24-22(26)16-6-5-7-17(12-16)25(27)28/h5-14H,3-4H2,1-2H3,(H,24,26)/b23-14-. The minimum absolute atomic E-state index is 0.142. The van der Waals surface area contributed by atoms with Crippen molar-refractivity contribution in [2.24, 2.45) is 5.10 Å². The Kier molecular flexibility index (Phi) is 6.59. The molecular weight excluding hydrogens is 386 g/mol. The van der Waals surface area contributed by atoms with Crippen LogP contribution in [0.4, 0.5) is 5.69 Å². The average molecular weight is 407 g/mol. The third kappa shape index (κ3) is 4.72. The van der Waals surface area contributed by atoms with Crippen molar-refractivity contribution in [1.82, 2.24) is 5.43 Å². The summed E-state index contributed by atoms with van der Waals surface area (Å²) in [6.45, 7) is 4.80. The molecule has 1 amide bonds. The molecule has 0 saturated carbocycles. The Morgan fingerprint density at radius 2 is 1.87 bits per heavy atom. The summed E-state index contributed by atoms with van der Waals surface area (Å²) in [5, 5.41) is 16.8. The largest absolute Gasteiger partial charge is 0.494 e. The third-order valence-corrected chi connectivity index (χ3v) is 4.28. The van der Waals surface area contributed by atoms with E-state index in [0.29, 0.717) is 30.3 Å². The van der Waals surface area contributed by atoms with Crippen LogP contribution in [0.2, 0.25) is 0 Å². The van der Waals surface area contributed by atoms with Crippen molar-refractivity contribution in [2.45, 2.75) is 13.8 Å². The molecule has 0 atom stereocenters. The Hall–Kier alpha value is -3.94. The maximum absolute atomic E-state index is 12.3. The highest BCUT2D eigenvalue weighted by atomic mass is 16.6. The number of nitro groups is 1. The maximum Gasteiger partial charge on any atom is 0.271 e. The number of carbonyl (C=O) groups is 1. The fourth-order valence-electron chi connectivity index (χ4n) is 2.95. The van der Waals surface area contributed by atoms with E-state index in [4.69, 9.17) is 9.47 Å². The number of carbonyl (C=O) groups excluding carboxylic acids is 1. The Labute approximate surface area is 173 Å². The second-order valence-electron chi connectivity index (χ2n) is 6.23. The fraction of sp³-hybridized carbons (Fsp3) is 0.182. The van der Waals surface area contributed by atoms with E-state index in [9.17, 15) is 14.9 Å². The van der Waals surface area contributed by atoms with Gasteiger partial charge in [0, 0.05) is 23.3 Å². The Bertz CT molecular complexity index is 1110. The van der Waals surface area contributed by atoms with Gasteiger partial charge < -0.3 is 9.47 Å². The van der Waals surface area contributed by atoms with Gasteiger partial charge in [0.25, 0.3) is 11.6 Å². The summed E-state index contributed by atoms with van der Waals surface area (Å²) in [4.78, 5) is 22.7. The summed E-state index contributed by atoms with van der Waals surface area (Å²) >= 11 is 0. The van der Waals surface area contributed by atoms with Crippen molar-refractivity contribution >= 4 is 28.6 Å². The molecule has 3 aromatic carbocycles. The van der Waals surface area contributed by atoms with Crippen LogP contribution >= 0.6 is 0 Å². The number of rotatable bonds is 8. The molecule has 0 aliphatic carbocycles. The molecule has 3 rings (SSSR count). The molecule has 0 aliphatic rings. The fourth-order valence-corrected chi connectivity index (χ4v) is 2.95. The monoisotopic (exact) mass is 407 g/mol. The summed E-state index contributed by atoms with van der Waals surface area (Å²) in [6, 6.07) is 14.9. The van der Waals surface area contributed by atoms with Gasteiger partial charge in [-0.05, 0) is 48.9 Å². The van der Waals surface area contributed by atoms with Crippen molar-refractivity contribution in [1.29, 1.82) is 0 Å². The lowest BCUT2D eigenvalue weighted by molar-refractivity contribution is -0.384. The van der Waals surface area contributed by atoms with Crippen LogP contribution in [0.1, 0.15) is 29.8 Å². The van der Waals surface area contributed by atoms with Crippen LogP contribution in [0, 0.1) is 10.1 Å². The summed E-state index contributed by atoms with van der Waals surface area (Å²) in [5.74, 6) is 0.782. The molecule has 154 valence electrons. The summed E-state index contributed by atoms with van der Waals surface area (Å²) in [5.41, 5.74) is 3.08. The van der Waals surface area contributed by atoms with Gasteiger partial charge in [-0.1, -0.05) is 18.2 Å². The van der Waals surface area contributed by atoms with E-state index < -0.39 is 10.8 Å². The molecule has 0 unspecified atom stereocenters. The number of amides is 1. The average Bonchev–Trinajstić information content (AvgIpc) is 2.75. The summed E-state index contributed by atoms with van der Waals surface area (Å²) in [7, 11) is 0. The molecular formula is C22H21N3O5. The van der Waals surface area contributed by atoms with E-state index in [1.54, 1.807) is 0 Å². The molecule has 0 spiro atoms. The van der Waals surface area contributed by atoms with Crippen LogP contribution < -0.4 is 14.9 Å². The van der Waals surface area contributed by atoms with Gasteiger partial charge in [-0.25, -0.2) is 5.43 Å². The second-order valence-corrected chi connectivity index (χ2v) is 6.23. The van der Waals surface area contributed by atoms with Crippen molar-refractivity contribution in [3.8, 4) is 11.5 Å². The highest BCUT2D eigenvalue weighted by molar-refractivity contribution is 6.03. The summed E-state index contributed by atoms with van der Waals surface area (Å²) < 4.78 is 11.3. The minimum Gasteiger partial charge on any atom is -0.494 e. The normalized spacial score (nSPS) is 10.9. The van der Waals surface area contributed by atoms with Gasteiger partial charge in [0.05, 0.1) is 24.4 Å². The smallest absolute Gasteiger partial charge is 0.271 e. The molecule has 0 fully saturated rings. The van der Waals surface area contributed by atoms with Crippen LogP contribution in [0.15, 0.2) is 59.7 Å². The zero-order chi connectivity index (χ0) is 21.5. The molecule has 0 heterocycles. The number of hydrogen-bond acceptors (Lipinski definition) is 6. The Balaban J connectivity index is 1.91. The Morgan fingerprint density at radius 3 is 2.60 bits per heavy atom. The molecule has 3 aromatic rings. The number of ether oxygens (including phenoxy) is 2. The predicted octanol–water partition coefficient (Wildman–Crippen LogP) is 4.31. The van der Waals surface area contributed by atoms with Crippen LogP contribution in [-0.2, 0) is 0 Å². The lowest BCUT2D eigenvalue weighted by Crippen LogP contribution is -2.17.